The number of rotatable bonds is 5. The standard InChI is InChI=1S/C16H13N3O3/c17-8-7-12-3-5-14(6-4-12)19-15(20)11-22-16(21)13-2-1-9-18-10-13/h1-6,9-10H,7,11H2,(H,19,20). The first-order valence-corrected chi connectivity index (χ1v) is 6.52. The van der Waals surface area contributed by atoms with E-state index in [1.165, 1.54) is 6.20 Å². The van der Waals surface area contributed by atoms with Crippen molar-refractivity contribution in [3.8, 4) is 6.07 Å². The molecule has 0 radical (unpaired) electrons. The van der Waals surface area contributed by atoms with E-state index >= 15 is 0 Å². The molecule has 0 saturated heterocycles. The van der Waals surface area contributed by atoms with Gasteiger partial charge in [-0.25, -0.2) is 4.79 Å². The van der Waals surface area contributed by atoms with E-state index in [1.54, 1.807) is 42.6 Å². The Labute approximate surface area is 127 Å². The van der Waals surface area contributed by atoms with Gasteiger partial charge in [0.1, 0.15) is 0 Å². The number of hydrogen-bond donors (Lipinski definition) is 1. The van der Waals surface area contributed by atoms with Crippen LogP contribution in [0.15, 0.2) is 48.8 Å². The molecule has 0 aliphatic carbocycles. The van der Waals surface area contributed by atoms with Gasteiger partial charge in [-0.05, 0) is 29.8 Å². The van der Waals surface area contributed by atoms with E-state index in [0.717, 1.165) is 5.56 Å². The molecule has 0 unspecified atom stereocenters. The molecule has 1 amide bonds. The third-order valence-corrected chi connectivity index (χ3v) is 2.75. The van der Waals surface area contributed by atoms with Gasteiger partial charge in [0.05, 0.1) is 18.1 Å². The van der Waals surface area contributed by atoms with Crippen LogP contribution in [-0.4, -0.2) is 23.5 Å². The topological polar surface area (TPSA) is 92.1 Å². The predicted octanol–water partition coefficient (Wildman–Crippen LogP) is 1.94. The summed E-state index contributed by atoms with van der Waals surface area (Å²) in [5.41, 5.74) is 1.73. The molecule has 0 saturated carbocycles. The van der Waals surface area contributed by atoms with Crippen LogP contribution in [0.4, 0.5) is 5.69 Å². The lowest BCUT2D eigenvalue weighted by atomic mass is 10.1. The zero-order valence-electron chi connectivity index (χ0n) is 11.7. The summed E-state index contributed by atoms with van der Waals surface area (Å²) in [6.45, 7) is -0.381. The van der Waals surface area contributed by atoms with Crippen LogP contribution in [0.25, 0.3) is 0 Å². The Morgan fingerprint density at radius 2 is 2.00 bits per heavy atom. The van der Waals surface area contributed by atoms with Crippen LogP contribution in [0.5, 0.6) is 0 Å². The summed E-state index contributed by atoms with van der Waals surface area (Å²) in [6, 6.07) is 12.1. The number of pyridine rings is 1. The molecule has 0 aliphatic heterocycles. The van der Waals surface area contributed by atoms with Gasteiger partial charge in [0, 0.05) is 18.1 Å². The van der Waals surface area contributed by atoms with Crippen molar-refractivity contribution in [2.75, 3.05) is 11.9 Å². The summed E-state index contributed by atoms with van der Waals surface area (Å²) in [4.78, 5) is 27.1. The summed E-state index contributed by atoms with van der Waals surface area (Å²) in [7, 11) is 0. The van der Waals surface area contributed by atoms with Gasteiger partial charge in [0.15, 0.2) is 6.61 Å². The minimum Gasteiger partial charge on any atom is -0.452 e. The van der Waals surface area contributed by atoms with Gasteiger partial charge < -0.3 is 10.1 Å². The highest BCUT2D eigenvalue weighted by atomic mass is 16.5. The molecule has 1 N–H and O–H groups in total. The van der Waals surface area contributed by atoms with Crippen molar-refractivity contribution in [2.45, 2.75) is 6.42 Å². The average Bonchev–Trinajstić information content (AvgIpc) is 2.55. The number of carbonyl (C=O) groups excluding carboxylic acids is 2. The Balaban J connectivity index is 1.83. The summed E-state index contributed by atoms with van der Waals surface area (Å²) >= 11 is 0. The summed E-state index contributed by atoms with van der Waals surface area (Å²) in [5, 5.41) is 11.2. The van der Waals surface area contributed by atoms with Gasteiger partial charge in [-0.15, -0.1) is 0 Å². The van der Waals surface area contributed by atoms with Gasteiger partial charge in [-0.1, -0.05) is 12.1 Å². The van der Waals surface area contributed by atoms with Crippen molar-refractivity contribution in [2.24, 2.45) is 0 Å². The smallest absolute Gasteiger partial charge is 0.340 e. The number of anilines is 1. The van der Waals surface area contributed by atoms with Gasteiger partial charge in [-0.2, -0.15) is 5.26 Å². The number of ether oxygens (including phenoxy) is 1. The maximum absolute atomic E-state index is 11.7. The first kappa shape index (κ1) is 15.2. The lowest BCUT2D eigenvalue weighted by Gasteiger charge is -2.07. The molecule has 110 valence electrons. The van der Waals surface area contributed by atoms with Crippen LogP contribution in [-0.2, 0) is 16.0 Å². The number of amides is 1. The van der Waals surface area contributed by atoms with E-state index in [4.69, 9.17) is 10.00 Å². The molecule has 2 aromatic rings. The fourth-order valence-electron chi connectivity index (χ4n) is 1.69. The molecule has 6 heteroatoms. The lowest BCUT2D eigenvalue weighted by molar-refractivity contribution is -0.119. The third kappa shape index (κ3) is 4.42. The number of nitriles is 1. The van der Waals surface area contributed by atoms with Crippen LogP contribution in [0, 0.1) is 11.3 Å². The predicted molar refractivity (Wildman–Crippen MR) is 78.9 cm³/mol. The van der Waals surface area contributed by atoms with E-state index in [0.29, 0.717) is 12.1 Å². The van der Waals surface area contributed by atoms with Crippen LogP contribution < -0.4 is 5.32 Å². The fourth-order valence-corrected chi connectivity index (χ4v) is 1.69. The molecular weight excluding hydrogens is 282 g/mol. The Kier molecular flexibility index (Phi) is 5.21. The number of aromatic nitrogens is 1. The largest absolute Gasteiger partial charge is 0.452 e. The maximum Gasteiger partial charge on any atom is 0.340 e. The van der Waals surface area contributed by atoms with Crippen molar-refractivity contribution in [1.82, 2.24) is 4.98 Å². The second-order valence-electron chi connectivity index (χ2n) is 4.40. The number of carbonyl (C=O) groups is 2. The Morgan fingerprint density at radius 3 is 2.64 bits per heavy atom. The zero-order chi connectivity index (χ0) is 15.8. The molecule has 1 aromatic carbocycles. The first-order valence-electron chi connectivity index (χ1n) is 6.52. The van der Waals surface area contributed by atoms with Crippen LogP contribution >= 0.6 is 0 Å². The number of hydrogen-bond acceptors (Lipinski definition) is 5. The second kappa shape index (κ2) is 7.55. The van der Waals surface area contributed by atoms with E-state index in [2.05, 4.69) is 10.3 Å². The van der Waals surface area contributed by atoms with Crippen molar-refractivity contribution in [3.05, 3.63) is 59.9 Å². The number of esters is 1. The molecule has 0 aliphatic rings. The quantitative estimate of drug-likeness (QED) is 0.851. The molecule has 1 heterocycles. The van der Waals surface area contributed by atoms with Gasteiger partial charge in [0.2, 0.25) is 0 Å². The molecule has 2 rings (SSSR count). The van der Waals surface area contributed by atoms with Crippen molar-refractivity contribution >= 4 is 17.6 Å². The van der Waals surface area contributed by atoms with Crippen LogP contribution in [0.2, 0.25) is 0 Å². The Hall–Kier alpha value is -3.20. The summed E-state index contributed by atoms with van der Waals surface area (Å²) in [5.74, 6) is -1.04. The fraction of sp³-hybridized carbons (Fsp3) is 0.125. The van der Waals surface area contributed by atoms with Crippen LogP contribution in [0.1, 0.15) is 15.9 Å². The first-order chi connectivity index (χ1) is 10.7. The van der Waals surface area contributed by atoms with E-state index in [9.17, 15) is 9.59 Å². The number of nitrogens with one attached hydrogen (secondary N) is 1. The van der Waals surface area contributed by atoms with Gasteiger partial charge in [-0.3, -0.25) is 9.78 Å². The average molecular weight is 295 g/mol. The molecule has 1 aromatic heterocycles. The second-order valence-corrected chi connectivity index (χ2v) is 4.40. The van der Waals surface area contributed by atoms with Gasteiger partial charge >= 0.3 is 5.97 Å². The molecule has 0 fully saturated rings. The highest BCUT2D eigenvalue weighted by Gasteiger charge is 2.10. The third-order valence-electron chi connectivity index (χ3n) is 2.75. The molecular formula is C16H13N3O3. The van der Waals surface area contributed by atoms with Crippen molar-refractivity contribution in [1.29, 1.82) is 5.26 Å². The van der Waals surface area contributed by atoms with Crippen molar-refractivity contribution in [3.63, 3.8) is 0 Å². The summed E-state index contributed by atoms with van der Waals surface area (Å²) < 4.78 is 4.89. The SMILES string of the molecule is N#CCc1ccc(NC(=O)COC(=O)c2cccnc2)cc1. The van der Waals surface area contributed by atoms with Crippen molar-refractivity contribution < 1.29 is 14.3 Å². The van der Waals surface area contributed by atoms with E-state index in [-0.39, 0.29) is 12.2 Å². The highest BCUT2D eigenvalue weighted by molar-refractivity contribution is 5.95. The Bertz CT molecular complexity index is 691. The normalized spacial score (nSPS) is 9.59. The minimum absolute atomic E-state index is 0.288. The van der Waals surface area contributed by atoms with E-state index < -0.39 is 11.9 Å². The zero-order valence-corrected chi connectivity index (χ0v) is 11.7. The highest BCUT2D eigenvalue weighted by Crippen LogP contribution is 2.10. The summed E-state index contributed by atoms with van der Waals surface area (Å²) in [6.07, 6.45) is 3.23. The van der Waals surface area contributed by atoms with Gasteiger partial charge in [0.25, 0.3) is 5.91 Å². The monoisotopic (exact) mass is 295 g/mol. The maximum atomic E-state index is 11.7. The molecule has 22 heavy (non-hydrogen) atoms. The number of benzene rings is 1. The number of nitrogens with zero attached hydrogens (tertiary/aromatic N) is 2. The molecule has 6 nitrogen and oxygen atoms in total. The molecule has 0 bridgehead atoms. The lowest BCUT2D eigenvalue weighted by Crippen LogP contribution is -2.20. The van der Waals surface area contributed by atoms with Crippen LogP contribution in [0.3, 0.4) is 0 Å². The molecule has 0 spiro atoms. The van der Waals surface area contributed by atoms with E-state index in [1.807, 2.05) is 6.07 Å². The minimum atomic E-state index is -0.604. The Morgan fingerprint density at radius 1 is 1.23 bits per heavy atom. The molecule has 0 atom stereocenters.